The summed E-state index contributed by atoms with van der Waals surface area (Å²) in [4.78, 5) is 4.48. The average molecular weight is 342 g/mol. The van der Waals surface area contributed by atoms with Crippen molar-refractivity contribution in [2.75, 3.05) is 13.1 Å². The number of piperidine rings is 1. The molecule has 0 amide bonds. The van der Waals surface area contributed by atoms with Gasteiger partial charge in [-0.15, -0.1) is 12.4 Å². The van der Waals surface area contributed by atoms with Crippen LogP contribution in [0.3, 0.4) is 0 Å². The fourth-order valence-corrected chi connectivity index (χ4v) is 4.30. The normalized spacial score (nSPS) is 22.2. The third-order valence-corrected chi connectivity index (χ3v) is 5.50. The highest BCUT2D eigenvalue weighted by Gasteiger charge is 2.27. The molecule has 2 atom stereocenters. The number of hydrogen-bond acceptors (Lipinski definition) is 4. The van der Waals surface area contributed by atoms with E-state index in [-0.39, 0.29) is 29.3 Å². The average Bonchev–Trinajstić information content (AvgIpc) is 2.49. The summed E-state index contributed by atoms with van der Waals surface area (Å²) in [6.45, 7) is 3.73. The first-order valence-corrected chi connectivity index (χ1v) is 8.63. The van der Waals surface area contributed by atoms with Gasteiger partial charge in [0, 0.05) is 17.6 Å². The number of para-hydroxylation sites is 1. The summed E-state index contributed by atoms with van der Waals surface area (Å²) < 4.78 is 28.2. The maximum Gasteiger partial charge on any atom is 0.242 e. The molecule has 5 nitrogen and oxygen atoms in total. The Morgan fingerprint density at radius 1 is 1.27 bits per heavy atom. The zero-order valence-corrected chi connectivity index (χ0v) is 14.0. The van der Waals surface area contributed by atoms with Gasteiger partial charge in [0.2, 0.25) is 10.0 Å². The third kappa shape index (κ3) is 3.41. The van der Waals surface area contributed by atoms with Crippen LogP contribution in [0, 0.1) is 5.92 Å². The molecule has 1 fully saturated rings. The number of benzene rings is 1. The number of nitrogens with one attached hydrogen (secondary N) is 2. The van der Waals surface area contributed by atoms with Crippen molar-refractivity contribution in [1.82, 2.24) is 15.0 Å². The molecule has 0 saturated carbocycles. The van der Waals surface area contributed by atoms with Gasteiger partial charge in [-0.05, 0) is 37.6 Å². The molecule has 0 spiro atoms. The topological polar surface area (TPSA) is 71.1 Å². The van der Waals surface area contributed by atoms with Crippen molar-refractivity contribution in [3.05, 3.63) is 36.5 Å². The highest BCUT2D eigenvalue weighted by molar-refractivity contribution is 7.89. The van der Waals surface area contributed by atoms with Crippen LogP contribution in [0.5, 0.6) is 0 Å². The Balaban J connectivity index is 0.00000176. The van der Waals surface area contributed by atoms with Gasteiger partial charge in [-0.1, -0.05) is 25.1 Å². The molecule has 2 aromatic rings. The molecular weight excluding hydrogens is 322 g/mol. The number of fused-ring (bicyclic) bond motifs is 1. The van der Waals surface area contributed by atoms with Crippen LogP contribution in [0.25, 0.3) is 10.9 Å². The molecule has 2 N–H and O–H groups in total. The monoisotopic (exact) mass is 341 g/mol. The Labute approximate surface area is 137 Å². The molecule has 2 unspecified atom stereocenters. The van der Waals surface area contributed by atoms with Crippen LogP contribution in [0.4, 0.5) is 0 Å². The number of halogens is 1. The second kappa shape index (κ2) is 6.91. The lowest BCUT2D eigenvalue weighted by atomic mass is 9.97. The van der Waals surface area contributed by atoms with Crippen molar-refractivity contribution >= 4 is 33.3 Å². The fourth-order valence-electron chi connectivity index (χ4n) is 2.74. The number of pyridine rings is 1. The summed E-state index contributed by atoms with van der Waals surface area (Å²) in [7, 11) is -3.56. The Kier molecular flexibility index (Phi) is 5.39. The van der Waals surface area contributed by atoms with E-state index < -0.39 is 10.0 Å². The minimum atomic E-state index is -3.56. The van der Waals surface area contributed by atoms with Crippen molar-refractivity contribution in [2.24, 2.45) is 5.92 Å². The molecular formula is C15H20ClN3O2S. The van der Waals surface area contributed by atoms with Gasteiger partial charge in [0.15, 0.2) is 0 Å². The Hall–Kier alpha value is -1.21. The molecule has 1 aromatic heterocycles. The predicted molar refractivity (Wildman–Crippen MR) is 89.8 cm³/mol. The van der Waals surface area contributed by atoms with E-state index in [1.54, 1.807) is 24.4 Å². The van der Waals surface area contributed by atoms with E-state index in [9.17, 15) is 8.42 Å². The second-order valence-electron chi connectivity index (χ2n) is 5.53. The highest BCUT2D eigenvalue weighted by Crippen LogP contribution is 2.22. The van der Waals surface area contributed by atoms with Gasteiger partial charge in [0.05, 0.1) is 5.52 Å². The zero-order valence-electron chi connectivity index (χ0n) is 12.3. The molecule has 22 heavy (non-hydrogen) atoms. The van der Waals surface area contributed by atoms with Crippen molar-refractivity contribution in [2.45, 2.75) is 24.3 Å². The van der Waals surface area contributed by atoms with E-state index in [2.05, 4.69) is 21.9 Å². The van der Waals surface area contributed by atoms with E-state index in [4.69, 9.17) is 0 Å². The van der Waals surface area contributed by atoms with Crippen molar-refractivity contribution in [1.29, 1.82) is 0 Å². The first-order valence-electron chi connectivity index (χ1n) is 7.15. The van der Waals surface area contributed by atoms with Gasteiger partial charge in [-0.3, -0.25) is 4.98 Å². The van der Waals surface area contributed by atoms with E-state index in [1.807, 2.05) is 12.1 Å². The first-order chi connectivity index (χ1) is 10.1. The lowest BCUT2D eigenvalue weighted by Gasteiger charge is -2.30. The molecule has 1 saturated heterocycles. The van der Waals surface area contributed by atoms with Gasteiger partial charge < -0.3 is 5.32 Å². The Morgan fingerprint density at radius 2 is 2.05 bits per heavy atom. The summed E-state index contributed by atoms with van der Waals surface area (Å²) >= 11 is 0. The van der Waals surface area contributed by atoms with Crippen LogP contribution in [-0.4, -0.2) is 32.5 Å². The summed E-state index contributed by atoms with van der Waals surface area (Å²) in [6, 6.07) is 8.88. The zero-order chi connectivity index (χ0) is 14.9. The molecule has 0 radical (unpaired) electrons. The van der Waals surface area contributed by atoms with Crippen LogP contribution in [0.1, 0.15) is 13.3 Å². The molecule has 120 valence electrons. The van der Waals surface area contributed by atoms with Gasteiger partial charge >= 0.3 is 0 Å². The molecule has 2 heterocycles. The quantitative estimate of drug-likeness (QED) is 0.895. The van der Waals surface area contributed by atoms with Gasteiger partial charge in [-0.2, -0.15) is 0 Å². The minimum absolute atomic E-state index is 0. The van der Waals surface area contributed by atoms with Gasteiger partial charge in [0.1, 0.15) is 4.90 Å². The second-order valence-corrected chi connectivity index (χ2v) is 7.21. The lowest BCUT2D eigenvalue weighted by molar-refractivity contribution is 0.328. The molecule has 0 aliphatic carbocycles. The third-order valence-electron chi connectivity index (χ3n) is 3.98. The highest BCUT2D eigenvalue weighted by atomic mass is 35.5. The fraction of sp³-hybridized carbons (Fsp3) is 0.400. The molecule has 1 aromatic carbocycles. The Morgan fingerprint density at radius 3 is 2.82 bits per heavy atom. The molecule has 7 heteroatoms. The van der Waals surface area contributed by atoms with Crippen LogP contribution >= 0.6 is 12.4 Å². The van der Waals surface area contributed by atoms with E-state index in [1.165, 1.54) is 0 Å². The summed E-state index contributed by atoms with van der Waals surface area (Å²) in [6.07, 6.45) is 2.42. The van der Waals surface area contributed by atoms with Crippen molar-refractivity contribution < 1.29 is 8.42 Å². The van der Waals surface area contributed by atoms with Crippen LogP contribution in [0.15, 0.2) is 41.4 Å². The number of sulfonamides is 1. The van der Waals surface area contributed by atoms with Crippen molar-refractivity contribution in [3.63, 3.8) is 0 Å². The summed E-state index contributed by atoms with van der Waals surface area (Å²) in [5, 5.41) is 4.10. The van der Waals surface area contributed by atoms with Crippen molar-refractivity contribution in [3.8, 4) is 0 Å². The molecule has 3 rings (SSSR count). The Bertz CT molecular complexity index is 746. The number of nitrogens with zero attached hydrogens (tertiary/aromatic N) is 1. The molecule has 1 aliphatic heterocycles. The number of aromatic nitrogens is 1. The van der Waals surface area contributed by atoms with Crippen LogP contribution in [-0.2, 0) is 10.0 Å². The smallest absolute Gasteiger partial charge is 0.242 e. The number of hydrogen-bond donors (Lipinski definition) is 2. The predicted octanol–water partition coefficient (Wildman–Crippen LogP) is 1.93. The standard InChI is InChI=1S/C15H19N3O2S.ClH/c1-11-10-16-9-7-13(11)18-21(19,20)14-6-2-4-12-5-3-8-17-15(12)14;/h2-6,8,11,13,16,18H,7,9-10H2,1H3;1H. The first kappa shape index (κ1) is 17.1. The van der Waals surface area contributed by atoms with Crippen LogP contribution in [0.2, 0.25) is 0 Å². The maximum absolute atomic E-state index is 12.7. The van der Waals surface area contributed by atoms with Gasteiger partial charge in [-0.25, -0.2) is 13.1 Å². The molecule has 1 aliphatic rings. The summed E-state index contributed by atoms with van der Waals surface area (Å²) in [5.74, 6) is 0.275. The SMILES string of the molecule is CC1CNCCC1NS(=O)(=O)c1cccc2cccnc12.Cl. The molecule has 0 bridgehead atoms. The largest absolute Gasteiger partial charge is 0.316 e. The summed E-state index contributed by atoms with van der Waals surface area (Å²) in [5.41, 5.74) is 0.522. The lowest BCUT2D eigenvalue weighted by Crippen LogP contribution is -2.48. The van der Waals surface area contributed by atoms with Crippen LogP contribution < -0.4 is 10.0 Å². The maximum atomic E-state index is 12.7. The van der Waals surface area contributed by atoms with E-state index >= 15 is 0 Å². The van der Waals surface area contributed by atoms with E-state index in [0.717, 1.165) is 24.9 Å². The number of rotatable bonds is 3. The van der Waals surface area contributed by atoms with Gasteiger partial charge in [0.25, 0.3) is 0 Å². The van der Waals surface area contributed by atoms with E-state index in [0.29, 0.717) is 5.52 Å². The minimum Gasteiger partial charge on any atom is -0.316 e.